The first-order chi connectivity index (χ1) is 7.57. The second kappa shape index (κ2) is 4.12. The molecule has 86 valence electrons. The van der Waals surface area contributed by atoms with Crippen molar-refractivity contribution < 1.29 is 4.79 Å². The highest BCUT2D eigenvalue weighted by atomic mass is 16.1. The first-order valence-corrected chi connectivity index (χ1v) is 5.59. The Hall–Kier alpha value is -1.58. The van der Waals surface area contributed by atoms with Crippen molar-refractivity contribution in [1.29, 1.82) is 0 Å². The Morgan fingerprint density at radius 3 is 2.81 bits per heavy atom. The molecule has 0 unspecified atom stereocenters. The van der Waals surface area contributed by atoms with Crippen molar-refractivity contribution in [2.45, 2.75) is 38.1 Å². The van der Waals surface area contributed by atoms with Gasteiger partial charge in [0.2, 0.25) is 5.91 Å². The lowest BCUT2D eigenvalue weighted by atomic mass is 9.78. The third-order valence-corrected chi connectivity index (χ3v) is 3.09. The van der Waals surface area contributed by atoms with Crippen molar-refractivity contribution in [3.05, 3.63) is 24.0 Å². The number of amides is 1. The number of hydrogen-bond donors (Lipinski definition) is 2. The van der Waals surface area contributed by atoms with Crippen molar-refractivity contribution in [3.8, 4) is 0 Å². The summed E-state index contributed by atoms with van der Waals surface area (Å²) in [7, 11) is 0. The summed E-state index contributed by atoms with van der Waals surface area (Å²) < 4.78 is 0. The van der Waals surface area contributed by atoms with Gasteiger partial charge in [0, 0.05) is 11.2 Å². The maximum atomic E-state index is 11.7. The minimum atomic E-state index is 0.0187. The van der Waals surface area contributed by atoms with E-state index in [4.69, 9.17) is 5.73 Å². The lowest BCUT2D eigenvalue weighted by molar-refractivity contribution is -0.123. The van der Waals surface area contributed by atoms with Gasteiger partial charge in [0.25, 0.3) is 0 Å². The second-order valence-corrected chi connectivity index (χ2v) is 4.72. The number of pyridine rings is 1. The van der Waals surface area contributed by atoms with Crippen LogP contribution in [0, 0.1) is 0 Å². The van der Waals surface area contributed by atoms with E-state index in [0.717, 1.165) is 18.5 Å². The maximum Gasteiger partial charge on any atom is 0.226 e. The van der Waals surface area contributed by atoms with Crippen LogP contribution in [0.25, 0.3) is 0 Å². The minimum absolute atomic E-state index is 0.0187. The van der Waals surface area contributed by atoms with Gasteiger partial charge in [-0.1, -0.05) is 0 Å². The molecule has 0 radical (unpaired) electrons. The maximum absolute atomic E-state index is 11.7. The predicted molar refractivity (Wildman–Crippen MR) is 62.8 cm³/mol. The number of carbonyl (C=O) groups is 1. The molecule has 0 aliphatic heterocycles. The van der Waals surface area contributed by atoms with Gasteiger partial charge in [0.15, 0.2) is 0 Å². The second-order valence-electron chi connectivity index (χ2n) is 4.72. The summed E-state index contributed by atoms with van der Waals surface area (Å²) >= 11 is 0. The third-order valence-electron chi connectivity index (χ3n) is 3.09. The van der Waals surface area contributed by atoms with Gasteiger partial charge in [-0.2, -0.15) is 0 Å². The molecule has 0 spiro atoms. The van der Waals surface area contributed by atoms with Gasteiger partial charge in [-0.25, -0.2) is 0 Å². The van der Waals surface area contributed by atoms with E-state index in [0.29, 0.717) is 12.1 Å². The molecule has 4 nitrogen and oxygen atoms in total. The molecule has 1 heterocycles. The lowest BCUT2D eigenvalue weighted by Gasteiger charge is -2.39. The van der Waals surface area contributed by atoms with Crippen molar-refractivity contribution in [3.63, 3.8) is 0 Å². The molecule has 2 rings (SSSR count). The number of nitrogens with one attached hydrogen (secondary N) is 1. The SMILES string of the molecule is CC1(NC(=O)Cc2ccc(N)cn2)CCC1. The Morgan fingerprint density at radius 1 is 1.56 bits per heavy atom. The van der Waals surface area contributed by atoms with E-state index in [9.17, 15) is 4.79 Å². The van der Waals surface area contributed by atoms with Gasteiger partial charge in [-0.15, -0.1) is 0 Å². The molecule has 1 aliphatic carbocycles. The largest absolute Gasteiger partial charge is 0.397 e. The van der Waals surface area contributed by atoms with E-state index in [1.54, 1.807) is 18.3 Å². The summed E-state index contributed by atoms with van der Waals surface area (Å²) in [4.78, 5) is 15.8. The van der Waals surface area contributed by atoms with E-state index in [-0.39, 0.29) is 11.4 Å². The highest BCUT2D eigenvalue weighted by Crippen LogP contribution is 2.30. The fourth-order valence-corrected chi connectivity index (χ4v) is 1.92. The molecule has 3 N–H and O–H groups in total. The Bertz CT molecular complexity index is 382. The molecule has 1 fully saturated rings. The first kappa shape index (κ1) is 10.9. The molecule has 0 saturated heterocycles. The van der Waals surface area contributed by atoms with Crippen molar-refractivity contribution in [1.82, 2.24) is 10.3 Å². The van der Waals surface area contributed by atoms with Crippen molar-refractivity contribution in [2.24, 2.45) is 0 Å². The summed E-state index contributed by atoms with van der Waals surface area (Å²) in [5.41, 5.74) is 6.92. The number of aromatic nitrogens is 1. The van der Waals surface area contributed by atoms with E-state index >= 15 is 0 Å². The van der Waals surface area contributed by atoms with Gasteiger partial charge in [0.05, 0.1) is 18.3 Å². The van der Waals surface area contributed by atoms with E-state index < -0.39 is 0 Å². The van der Waals surface area contributed by atoms with Crippen LogP contribution in [-0.4, -0.2) is 16.4 Å². The Kier molecular flexibility index (Phi) is 2.81. The smallest absolute Gasteiger partial charge is 0.226 e. The summed E-state index contributed by atoms with van der Waals surface area (Å²) in [6, 6.07) is 3.55. The summed E-state index contributed by atoms with van der Waals surface area (Å²) in [6.45, 7) is 2.09. The molecule has 0 aromatic carbocycles. The standard InChI is InChI=1S/C12H17N3O/c1-12(5-2-6-12)15-11(16)7-10-4-3-9(13)8-14-10/h3-4,8H,2,5-7,13H2,1H3,(H,15,16). The van der Waals surface area contributed by atoms with E-state index in [1.165, 1.54) is 6.42 Å². The van der Waals surface area contributed by atoms with Crippen LogP contribution < -0.4 is 11.1 Å². The zero-order chi connectivity index (χ0) is 11.6. The predicted octanol–water partition coefficient (Wildman–Crippen LogP) is 1.27. The summed E-state index contributed by atoms with van der Waals surface area (Å²) in [5.74, 6) is 0.0412. The Balaban J connectivity index is 1.89. The quantitative estimate of drug-likeness (QED) is 0.804. The molecule has 1 saturated carbocycles. The minimum Gasteiger partial charge on any atom is -0.397 e. The van der Waals surface area contributed by atoms with Crippen LogP contribution in [0.5, 0.6) is 0 Å². The number of nitrogen functional groups attached to an aromatic ring is 1. The monoisotopic (exact) mass is 219 g/mol. The van der Waals surface area contributed by atoms with Crippen LogP contribution in [0.15, 0.2) is 18.3 Å². The highest BCUT2D eigenvalue weighted by Gasteiger charge is 2.32. The normalized spacial score (nSPS) is 17.6. The Labute approximate surface area is 95.3 Å². The van der Waals surface area contributed by atoms with Crippen molar-refractivity contribution >= 4 is 11.6 Å². The molecule has 1 aliphatic rings. The lowest BCUT2D eigenvalue weighted by Crippen LogP contribution is -2.51. The zero-order valence-electron chi connectivity index (χ0n) is 9.49. The van der Waals surface area contributed by atoms with Crippen LogP contribution in [0.4, 0.5) is 5.69 Å². The molecule has 1 amide bonds. The third kappa shape index (κ3) is 2.51. The average molecular weight is 219 g/mol. The van der Waals surface area contributed by atoms with Crippen LogP contribution in [0.2, 0.25) is 0 Å². The zero-order valence-corrected chi connectivity index (χ0v) is 9.49. The fourth-order valence-electron chi connectivity index (χ4n) is 1.92. The molecule has 1 aromatic rings. The molecular weight excluding hydrogens is 202 g/mol. The van der Waals surface area contributed by atoms with E-state index in [1.807, 2.05) is 0 Å². The Morgan fingerprint density at radius 2 is 2.31 bits per heavy atom. The summed E-state index contributed by atoms with van der Waals surface area (Å²) in [5, 5.41) is 3.05. The average Bonchev–Trinajstić information content (AvgIpc) is 2.19. The number of hydrogen-bond acceptors (Lipinski definition) is 3. The van der Waals surface area contributed by atoms with Crippen LogP contribution in [0.1, 0.15) is 31.9 Å². The van der Waals surface area contributed by atoms with Crippen molar-refractivity contribution in [2.75, 3.05) is 5.73 Å². The van der Waals surface area contributed by atoms with Gasteiger partial charge in [-0.05, 0) is 38.3 Å². The number of nitrogens with zero attached hydrogens (tertiary/aromatic N) is 1. The van der Waals surface area contributed by atoms with Crippen LogP contribution in [0.3, 0.4) is 0 Å². The number of anilines is 1. The molecule has 1 aromatic heterocycles. The number of rotatable bonds is 3. The van der Waals surface area contributed by atoms with Crippen LogP contribution in [-0.2, 0) is 11.2 Å². The molecule has 0 atom stereocenters. The number of nitrogens with two attached hydrogens (primary N) is 1. The topological polar surface area (TPSA) is 68.0 Å². The van der Waals surface area contributed by atoms with Crippen LogP contribution >= 0.6 is 0 Å². The van der Waals surface area contributed by atoms with Gasteiger partial charge in [0.1, 0.15) is 0 Å². The number of carbonyl (C=O) groups excluding carboxylic acids is 1. The van der Waals surface area contributed by atoms with Gasteiger partial charge >= 0.3 is 0 Å². The fraction of sp³-hybridized carbons (Fsp3) is 0.500. The first-order valence-electron chi connectivity index (χ1n) is 5.59. The highest BCUT2D eigenvalue weighted by molar-refractivity contribution is 5.79. The molecule has 4 heteroatoms. The molecular formula is C12H17N3O. The molecule has 16 heavy (non-hydrogen) atoms. The molecule has 0 bridgehead atoms. The van der Waals surface area contributed by atoms with Gasteiger partial charge < -0.3 is 11.1 Å². The van der Waals surface area contributed by atoms with E-state index in [2.05, 4.69) is 17.2 Å². The summed E-state index contributed by atoms with van der Waals surface area (Å²) in [6.07, 6.45) is 5.27. The van der Waals surface area contributed by atoms with Gasteiger partial charge in [-0.3, -0.25) is 9.78 Å².